The van der Waals surface area contributed by atoms with Crippen LogP contribution in [0.3, 0.4) is 0 Å². The lowest BCUT2D eigenvalue weighted by Gasteiger charge is -2.23. The molecule has 108 valence electrons. The summed E-state index contributed by atoms with van der Waals surface area (Å²) in [5.41, 5.74) is 3.30. The number of anilines is 1. The van der Waals surface area contributed by atoms with Crippen molar-refractivity contribution in [2.45, 2.75) is 13.5 Å². The summed E-state index contributed by atoms with van der Waals surface area (Å²) in [6.45, 7) is 3.91. The first-order chi connectivity index (χ1) is 10.2. The molecule has 0 radical (unpaired) electrons. The lowest BCUT2D eigenvalue weighted by Crippen LogP contribution is -2.21. The number of para-hydroxylation sites is 1. The standard InChI is InChI=1S/C18H19NO2/c1-2-19(17-6-4-3-5-7-17)14-16-10-8-15(9-11-16)12-13-18(20)21/h3-13H,2,14H2,1H3,(H,20,21). The van der Waals surface area contributed by atoms with Crippen molar-refractivity contribution in [1.29, 1.82) is 0 Å². The van der Waals surface area contributed by atoms with Crippen LogP contribution < -0.4 is 4.90 Å². The van der Waals surface area contributed by atoms with Crippen LogP contribution in [-0.2, 0) is 11.3 Å². The van der Waals surface area contributed by atoms with E-state index >= 15 is 0 Å². The molecule has 1 N–H and O–H groups in total. The number of carbonyl (C=O) groups is 1. The highest BCUT2D eigenvalue weighted by Crippen LogP contribution is 2.17. The summed E-state index contributed by atoms with van der Waals surface area (Å²) in [7, 11) is 0. The van der Waals surface area contributed by atoms with Crippen LogP contribution in [0.25, 0.3) is 6.08 Å². The molecule has 0 saturated heterocycles. The van der Waals surface area contributed by atoms with E-state index in [4.69, 9.17) is 5.11 Å². The van der Waals surface area contributed by atoms with E-state index < -0.39 is 5.97 Å². The van der Waals surface area contributed by atoms with E-state index in [-0.39, 0.29) is 0 Å². The van der Waals surface area contributed by atoms with Gasteiger partial charge in [0.1, 0.15) is 0 Å². The average molecular weight is 281 g/mol. The van der Waals surface area contributed by atoms with E-state index in [1.165, 1.54) is 11.3 Å². The molecule has 0 atom stereocenters. The fourth-order valence-electron chi connectivity index (χ4n) is 2.15. The van der Waals surface area contributed by atoms with Crippen molar-refractivity contribution in [2.24, 2.45) is 0 Å². The Morgan fingerprint density at radius 1 is 1.10 bits per heavy atom. The largest absolute Gasteiger partial charge is 0.478 e. The fraction of sp³-hybridized carbons (Fsp3) is 0.167. The molecule has 0 aromatic heterocycles. The first-order valence-corrected chi connectivity index (χ1v) is 6.99. The average Bonchev–Trinajstić information content (AvgIpc) is 2.52. The molecule has 0 bridgehead atoms. The fourth-order valence-corrected chi connectivity index (χ4v) is 2.15. The molecule has 2 aromatic carbocycles. The third kappa shape index (κ3) is 4.49. The molecule has 0 amide bonds. The van der Waals surface area contributed by atoms with Crippen molar-refractivity contribution in [3.63, 3.8) is 0 Å². The molecule has 0 aliphatic heterocycles. The number of hydrogen-bond acceptors (Lipinski definition) is 2. The molecule has 0 fully saturated rings. The molecular weight excluding hydrogens is 262 g/mol. The van der Waals surface area contributed by atoms with Gasteiger partial charge >= 0.3 is 5.97 Å². The summed E-state index contributed by atoms with van der Waals surface area (Å²) in [6.07, 6.45) is 2.75. The first kappa shape index (κ1) is 14.9. The van der Waals surface area contributed by atoms with Crippen molar-refractivity contribution in [2.75, 3.05) is 11.4 Å². The van der Waals surface area contributed by atoms with E-state index in [0.717, 1.165) is 24.7 Å². The zero-order chi connectivity index (χ0) is 15.1. The maximum absolute atomic E-state index is 10.5. The van der Waals surface area contributed by atoms with Gasteiger partial charge in [0.15, 0.2) is 0 Å². The number of carboxylic acids is 1. The molecule has 0 saturated carbocycles. The van der Waals surface area contributed by atoms with Crippen molar-refractivity contribution in [1.82, 2.24) is 0 Å². The summed E-state index contributed by atoms with van der Waals surface area (Å²) in [6, 6.07) is 18.2. The van der Waals surface area contributed by atoms with Crippen molar-refractivity contribution < 1.29 is 9.90 Å². The molecule has 0 unspecified atom stereocenters. The molecule has 21 heavy (non-hydrogen) atoms. The van der Waals surface area contributed by atoms with E-state index in [9.17, 15) is 4.79 Å². The molecular formula is C18H19NO2. The minimum absolute atomic E-state index is 0.837. The van der Waals surface area contributed by atoms with Crippen LogP contribution in [0.5, 0.6) is 0 Å². The van der Waals surface area contributed by atoms with Gasteiger partial charge in [0.05, 0.1) is 0 Å². The molecule has 2 aromatic rings. The zero-order valence-corrected chi connectivity index (χ0v) is 12.1. The number of aliphatic carboxylic acids is 1. The van der Waals surface area contributed by atoms with Crippen molar-refractivity contribution in [3.05, 3.63) is 71.8 Å². The normalized spacial score (nSPS) is 10.7. The number of rotatable bonds is 6. The minimum atomic E-state index is -0.930. The zero-order valence-electron chi connectivity index (χ0n) is 12.1. The number of nitrogens with zero attached hydrogens (tertiary/aromatic N) is 1. The van der Waals surface area contributed by atoms with Gasteiger partial charge in [-0.15, -0.1) is 0 Å². The Kier molecular flexibility index (Phi) is 5.16. The Balaban J connectivity index is 2.07. The van der Waals surface area contributed by atoms with Crippen LogP contribution in [0.1, 0.15) is 18.1 Å². The Hall–Kier alpha value is -2.55. The SMILES string of the molecule is CCN(Cc1ccc(C=CC(=O)O)cc1)c1ccccc1. The van der Waals surface area contributed by atoms with E-state index in [0.29, 0.717) is 0 Å². The molecule has 0 heterocycles. The second kappa shape index (κ2) is 7.29. The predicted molar refractivity (Wildman–Crippen MR) is 86.3 cm³/mol. The van der Waals surface area contributed by atoms with Crippen LogP contribution in [0.2, 0.25) is 0 Å². The van der Waals surface area contributed by atoms with Gasteiger partial charge in [0.2, 0.25) is 0 Å². The summed E-state index contributed by atoms with van der Waals surface area (Å²) in [4.78, 5) is 12.8. The maximum Gasteiger partial charge on any atom is 0.328 e. The third-order valence-electron chi connectivity index (χ3n) is 3.27. The molecule has 0 aliphatic carbocycles. The summed E-state index contributed by atoms with van der Waals surface area (Å²) in [5.74, 6) is -0.930. The van der Waals surface area contributed by atoms with Gasteiger partial charge < -0.3 is 10.0 Å². The molecule has 3 nitrogen and oxygen atoms in total. The second-order valence-corrected chi connectivity index (χ2v) is 4.76. The molecule has 2 rings (SSSR count). The lowest BCUT2D eigenvalue weighted by molar-refractivity contribution is -0.131. The number of carboxylic acid groups (broad SMARTS) is 1. The lowest BCUT2D eigenvalue weighted by atomic mass is 10.1. The number of benzene rings is 2. The topological polar surface area (TPSA) is 40.5 Å². The maximum atomic E-state index is 10.5. The Morgan fingerprint density at radius 2 is 1.76 bits per heavy atom. The highest BCUT2D eigenvalue weighted by Gasteiger charge is 2.04. The highest BCUT2D eigenvalue weighted by atomic mass is 16.4. The Labute approximate surface area is 125 Å². The van der Waals surface area contributed by atoms with E-state index in [2.05, 4.69) is 24.0 Å². The van der Waals surface area contributed by atoms with Crippen LogP contribution in [0.15, 0.2) is 60.7 Å². The van der Waals surface area contributed by atoms with Crippen molar-refractivity contribution in [3.8, 4) is 0 Å². The van der Waals surface area contributed by atoms with Gasteiger partial charge in [-0.3, -0.25) is 0 Å². The third-order valence-corrected chi connectivity index (χ3v) is 3.27. The first-order valence-electron chi connectivity index (χ1n) is 6.99. The van der Waals surface area contributed by atoms with Crippen molar-refractivity contribution >= 4 is 17.7 Å². The Morgan fingerprint density at radius 3 is 2.33 bits per heavy atom. The summed E-state index contributed by atoms with van der Waals surface area (Å²) >= 11 is 0. The molecule has 0 aliphatic rings. The smallest absolute Gasteiger partial charge is 0.328 e. The van der Waals surface area contributed by atoms with Gasteiger partial charge in [-0.05, 0) is 36.3 Å². The van der Waals surface area contributed by atoms with Crippen LogP contribution in [0, 0.1) is 0 Å². The second-order valence-electron chi connectivity index (χ2n) is 4.76. The summed E-state index contributed by atoms with van der Waals surface area (Å²) in [5, 5.41) is 8.61. The van der Waals surface area contributed by atoms with Gasteiger partial charge in [-0.1, -0.05) is 42.5 Å². The quantitative estimate of drug-likeness (QED) is 0.818. The minimum Gasteiger partial charge on any atom is -0.478 e. The van der Waals surface area contributed by atoms with Gasteiger partial charge in [-0.25, -0.2) is 4.79 Å². The van der Waals surface area contributed by atoms with Crippen LogP contribution in [0.4, 0.5) is 5.69 Å². The van der Waals surface area contributed by atoms with Crippen LogP contribution in [-0.4, -0.2) is 17.6 Å². The van der Waals surface area contributed by atoms with Crippen LogP contribution >= 0.6 is 0 Å². The predicted octanol–water partition coefficient (Wildman–Crippen LogP) is 3.81. The van der Waals surface area contributed by atoms with E-state index in [1.807, 2.05) is 42.5 Å². The van der Waals surface area contributed by atoms with Gasteiger partial charge in [-0.2, -0.15) is 0 Å². The number of hydrogen-bond donors (Lipinski definition) is 1. The Bertz CT molecular complexity index is 603. The van der Waals surface area contributed by atoms with Gasteiger partial charge in [0.25, 0.3) is 0 Å². The summed E-state index contributed by atoms with van der Waals surface area (Å²) < 4.78 is 0. The monoisotopic (exact) mass is 281 g/mol. The molecule has 3 heteroatoms. The van der Waals surface area contributed by atoms with E-state index in [1.54, 1.807) is 6.08 Å². The van der Waals surface area contributed by atoms with Gasteiger partial charge in [0, 0.05) is 24.9 Å². The highest BCUT2D eigenvalue weighted by molar-refractivity contribution is 5.85. The molecule has 0 spiro atoms.